The molecule has 0 aliphatic rings. The quantitative estimate of drug-likeness (QED) is 0.335. The van der Waals surface area contributed by atoms with Crippen molar-refractivity contribution in [3.8, 4) is 5.88 Å². The topological polar surface area (TPSA) is 84.6 Å². The van der Waals surface area contributed by atoms with Crippen LogP contribution in [0.4, 0.5) is 13.2 Å². The van der Waals surface area contributed by atoms with Crippen molar-refractivity contribution in [1.29, 1.82) is 0 Å². The molecule has 0 atom stereocenters. The van der Waals surface area contributed by atoms with Crippen LogP contribution in [0, 0.1) is 0 Å². The molecule has 0 amide bonds. The monoisotopic (exact) mass is 513 g/mol. The van der Waals surface area contributed by atoms with Crippen molar-refractivity contribution >= 4 is 29.9 Å². The van der Waals surface area contributed by atoms with Crippen molar-refractivity contribution in [3.63, 3.8) is 0 Å². The zero-order chi connectivity index (χ0) is 19.9. The van der Waals surface area contributed by atoms with Crippen LogP contribution in [0.5, 0.6) is 5.88 Å². The van der Waals surface area contributed by atoms with E-state index in [2.05, 4.69) is 25.8 Å². The van der Waals surface area contributed by atoms with E-state index in [1.165, 1.54) is 6.20 Å². The average Bonchev–Trinajstić information content (AvgIpc) is 3.09. The second-order valence-corrected chi connectivity index (χ2v) is 6.02. The number of pyridine rings is 1. The summed E-state index contributed by atoms with van der Waals surface area (Å²) in [6.07, 6.45) is -3.05. The van der Waals surface area contributed by atoms with E-state index in [4.69, 9.17) is 9.26 Å². The van der Waals surface area contributed by atoms with E-state index in [0.717, 1.165) is 5.69 Å². The first-order valence-electron chi connectivity index (χ1n) is 8.32. The number of aromatic nitrogens is 2. The summed E-state index contributed by atoms with van der Waals surface area (Å²) in [5.41, 5.74) is 1.34. The molecule has 156 valence electrons. The van der Waals surface area contributed by atoms with Crippen LogP contribution in [0.3, 0.4) is 0 Å². The second kappa shape index (κ2) is 11.1. The highest BCUT2D eigenvalue weighted by Crippen LogP contribution is 2.19. The van der Waals surface area contributed by atoms with Gasteiger partial charge in [-0.05, 0) is 12.0 Å². The summed E-state index contributed by atoms with van der Waals surface area (Å²) < 4.78 is 47.0. The van der Waals surface area contributed by atoms with Gasteiger partial charge in [-0.1, -0.05) is 25.1 Å². The van der Waals surface area contributed by atoms with E-state index in [1.807, 2.05) is 19.9 Å². The van der Waals surface area contributed by atoms with Gasteiger partial charge >= 0.3 is 6.18 Å². The molecule has 0 aliphatic heterocycles. The summed E-state index contributed by atoms with van der Waals surface area (Å²) in [5, 5.41) is 10.0. The van der Waals surface area contributed by atoms with Crippen LogP contribution in [0.1, 0.15) is 36.8 Å². The van der Waals surface area contributed by atoms with E-state index in [9.17, 15) is 13.2 Å². The normalized spacial score (nSPS) is 11.9. The molecule has 28 heavy (non-hydrogen) atoms. The Kier molecular flexibility index (Phi) is 9.49. The molecule has 11 heteroatoms. The molecular weight excluding hydrogens is 490 g/mol. The van der Waals surface area contributed by atoms with E-state index in [1.54, 1.807) is 19.2 Å². The van der Waals surface area contributed by atoms with Gasteiger partial charge in [-0.3, -0.25) is 4.99 Å². The number of ether oxygens (including phenoxy) is 1. The Morgan fingerprint density at radius 2 is 2.00 bits per heavy atom. The number of nitrogens with one attached hydrogen (secondary N) is 2. The molecule has 2 aromatic rings. The molecule has 0 spiro atoms. The van der Waals surface area contributed by atoms with E-state index in [-0.39, 0.29) is 42.3 Å². The predicted octanol–water partition coefficient (Wildman–Crippen LogP) is 3.62. The fourth-order valence-corrected chi connectivity index (χ4v) is 2.09. The highest BCUT2D eigenvalue weighted by Gasteiger charge is 2.29. The van der Waals surface area contributed by atoms with Crippen LogP contribution in [0.2, 0.25) is 0 Å². The summed E-state index contributed by atoms with van der Waals surface area (Å²) in [7, 11) is 1.58. The van der Waals surface area contributed by atoms with Gasteiger partial charge in [0.25, 0.3) is 0 Å². The lowest BCUT2D eigenvalue weighted by Crippen LogP contribution is -2.36. The van der Waals surface area contributed by atoms with Crippen molar-refractivity contribution in [2.45, 2.75) is 39.0 Å². The van der Waals surface area contributed by atoms with Gasteiger partial charge < -0.3 is 19.9 Å². The minimum atomic E-state index is -4.42. The van der Waals surface area contributed by atoms with Crippen LogP contribution in [0.15, 0.2) is 33.9 Å². The number of rotatable bonds is 7. The van der Waals surface area contributed by atoms with Gasteiger partial charge in [0.1, 0.15) is 0 Å². The fraction of sp³-hybridized carbons (Fsp3) is 0.471. The standard InChI is InChI=1S/C17H22F3N5O2.HI/c1-11(2)14-7-13(27-25-14)9-24-16(21-3)23-8-12-5-4-6-22-15(12)26-10-17(18,19)20;/h4-7,11H,8-10H2,1-3H3,(H2,21,23,24);1H. The Morgan fingerprint density at radius 3 is 2.61 bits per heavy atom. The summed E-state index contributed by atoms with van der Waals surface area (Å²) in [5.74, 6) is 1.29. The van der Waals surface area contributed by atoms with Crippen molar-refractivity contribution in [2.24, 2.45) is 4.99 Å². The Hall–Kier alpha value is -2.05. The largest absolute Gasteiger partial charge is 0.468 e. The Bertz CT molecular complexity index is 765. The molecular formula is C17H23F3IN5O2. The number of guanidine groups is 1. The van der Waals surface area contributed by atoms with E-state index in [0.29, 0.717) is 23.8 Å². The Balaban J connectivity index is 0.00000392. The molecule has 0 fully saturated rings. The maximum atomic E-state index is 12.3. The summed E-state index contributed by atoms with van der Waals surface area (Å²) in [4.78, 5) is 7.92. The summed E-state index contributed by atoms with van der Waals surface area (Å²) in [6.45, 7) is 3.19. The lowest BCUT2D eigenvalue weighted by atomic mass is 10.1. The van der Waals surface area contributed by atoms with Gasteiger partial charge in [-0.25, -0.2) is 4.98 Å². The van der Waals surface area contributed by atoms with Gasteiger partial charge in [0, 0.05) is 31.4 Å². The van der Waals surface area contributed by atoms with E-state index >= 15 is 0 Å². The molecule has 0 aromatic carbocycles. The van der Waals surface area contributed by atoms with Crippen LogP contribution >= 0.6 is 24.0 Å². The van der Waals surface area contributed by atoms with Gasteiger partial charge in [0.15, 0.2) is 18.3 Å². The van der Waals surface area contributed by atoms with Crippen LogP contribution < -0.4 is 15.4 Å². The zero-order valence-electron chi connectivity index (χ0n) is 15.7. The summed E-state index contributed by atoms with van der Waals surface area (Å²) in [6, 6.07) is 5.11. The van der Waals surface area contributed by atoms with Crippen molar-refractivity contribution in [1.82, 2.24) is 20.8 Å². The van der Waals surface area contributed by atoms with Gasteiger partial charge in [-0.15, -0.1) is 24.0 Å². The number of aliphatic imine (C=N–C) groups is 1. The molecule has 2 N–H and O–H groups in total. The third-order valence-electron chi connectivity index (χ3n) is 3.49. The molecule has 0 bridgehead atoms. The third kappa shape index (κ3) is 7.90. The molecule has 0 unspecified atom stereocenters. The number of hydrogen-bond donors (Lipinski definition) is 2. The maximum absolute atomic E-state index is 12.3. The Labute approximate surface area is 178 Å². The number of hydrogen-bond acceptors (Lipinski definition) is 5. The predicted molar refractivity (Wildman–Crippen MR) is 109 cm³/mol. The highest BCUT2D eigenvalue weighted by molar-refractivity contribution is 14.0. The van der Waals surface area contributed by atoms with Gasteiger partial charge in [0.05, 0.1) is 12.2 Å². The number of alkyl halides is 3. The first-order valence-corrected chi connectivity index (χ1v) is 8.32. The molecule has 0 aliphatic carbocycles. The SMILES string of the molecule is CN=C(NCc1cc(C(C)C)no1)NCc1cccnc1OCC(F)(F)F.I. The Morgan fingerprint density at radius 1 is 1.29 bits per heavy atom. The average molecular weight is 513 g/mol. The van der Waals surface area contributed by atoms with Gasteiger partial charge in [0.2, 0.25) is 5.88 Å². The van der Waals surface area contributed by atoms with Crippen molar-refractivity contribution in [3.05, 3.63) is 41.4 Å². The molecule has 2 aromatic heterocycles. The number of nitrogens with zero attached hydrogens (tertiary/aromatic N) is 3. The second-order valence-electron chi connectivity index (χ2n) is 6.02. The van der Waals surface area contributed by atoms with Crippen LogP contribution in [-0.2, 0) is 13.1 Å². The smallest absolute Gasteiger partial charge is 0.422 e. The van der Waals surface area contributed by atoms with Crippen molar-refractivity contribution in [2.75, 3.05) is 13.7 Å². The molecule has 2 rings (SSSR count). The fourth-order valence-electron chi connectivity index (χ4n) is 2.09. The lowest BCUT2D eigenvalue weighted by Gasteiger charge is -2.14. The molecule has 2 heterocycles. The number of halogens is 4. The molecule has 0 radical (unpaired) electrons. The first-order chi connectivity index (χ1) is 12.8. The summed E-state index contributed by atoms with van der Waals surface area (Å²) >= 11 is 0. The lowest BCUT2D eigenvalue weighted by molar-refractivity contribution is -0.154. The third-order valence-corrected chi connectivity index (χ3v) is 3.49. The molecule has 0 saturated heterocycles. The minimum absolute atomic E-state index is 0. The molecule has 7 nitrogen and oxygen atoms in total. The minimum Gasteiger partial charge on any atom is -0.468 e. The highest BCUT2D eigenvalue weighted by atomic mass is 127. The van der Waals surface area contributed by atoms with Crippen LogP contribution in [0.25, 0.3) is 0 Å². The van der Waals surface area contributed by atoms with Crippen molar-refractivity contribution < 1.29 is 22.4 Å². The van der Waals surface area contributed by atoms with Gasteiger partial charge in [-0.2, -0.15) is 13.2 Å². The molecule has 0 saturated carbocycles. The first kappa shape index (κ1) is 24.0. The van der Waals surface area contributed by atoms with Crippen LogP contribution in [-0.4, -0.2) is 35.9 Å². The van der Waals surface area contributed by atoms with E-state index < -0.39 is 12.8 Å². The maximum Gasteiger partial charge on any atom is 0.422 e. The zero-order valence-corrected chi connectivity index (χ0v) is 18.0.